The van der Waals surface area contributed by atoms with Crippen molar-refractivity contribution in [3.05, 3.63) is 23.3 Å². The number of rotatable bonds is 4. The van der Waals surface area contributed by atoms with Gasteiger partial charge in [0.2, 0.25) is 5.91 Å². The maximum atomic E-state index is 12.4. The van der Waals surface area contributed by atoms with Crippen molar-refractivity contribution in [2.45, 2.75) is 37.6 Å². The van der Waals surface area contributed by atoms with Gasteiger partial charge in [-0.25, -0.2) is 9.78 Å². The maximum Gasteiger partial charge on any atom is 0.354 e. The molecule has 0 unspecified atom stereocenters. The second kappa shape index (κ2) is 6.74. The summed E-state index contributed by atoms with van der Waals surface area (Å²) in [7, 11) is 1.33. The Balaban J connectivity index is 1.70. The van der Waals surface area contributed by atoms with E-state index in [0.717, 1.165) is 24.8 Å². The average molecular weight is 348 g/mol. The second-order valence-corrected chi connectivity index (χ2v) is 6.86. The summed E-state index contributed by atoms with van der Waals surface area (Å²) in [5, 5.41) is 5.15. The molecule has 2 heterocycles. The zero-order valence-corrected chi connectivity index (χ0v) is 14.2. The molecule has 0 spiro atoms. The Morgan fingerprint density at radius 1 is 1.38 bits per heavy atom. The average Bonchev–Trinajstić information content (AvgIpc) is 3.24. The Morgan fingerprint density at radius 3 is 2.83 bits per heavy atom. The van der Waals surface area contributed by atoms with Crippen molar-refractivity contribution in [2.24, 2.45) is 5.73 Å². The number of aromatic nitrogens is 2. The van der Waals surface area contributed by atoms with Gasteiger partial charge in [-0.15, -0.1) is 11.3 Å². The monoisotopic (exact) mass is 348 g/mol. The Bertz CT molecular complexity index is 746. The Morgan fingerprint density at radius 2 is 2.12 bits per heavy atom. The number of ether oxygens (including phenoxy) is 1. The molecular formula is C16H20N4O3S. The summed E-state index contributed by atoms with van der Waals surface area (Å²) >= 11 is 1.33. The lowest BCUT2D eigenvalue weighted by Crippen LogP contribution is -2.52. The van der Waals surface area contributed by atoms with Crippen molar-refractivity contribution in [3.63, 3.8) is 0 Å². The first-order valence-corrected chi connectivity index (χ1v) is 8.73. The third-order valence-electron chi connectivity index (χ3n) is 4.31. The van der Waals surface area contributed by atoms with E-state index in [1.165, 1.54) is 18.4 Å². The van der Waals surface area contributed by atoms with Crippen LogP contribution in [-0.4, -0.2) is 34.5 Å². The van der Waals surface area contributed by atoms with Crippen molar-refractivity contribution in [1.29, 1.82) is 0 Å². The van der Waals surface area contributed by atoms with Crippen LogP contribution in [0.2, 0.25) is 0 Å². The molecule has 1 saturated carbocycles. The highest BCUT2D eigenvalue weighted by molar-refractivity contribution is 7.14. The van der Waals surface area contributed by atoms with E-state index < -0.39 is 11.5 Å². The fourth-order valence-corrected chi connectivity index (χ4v) is 3.58. The van der Waals surface area contributed by atoms with Crippen LogP contribution in [-0.2, 0) is 9.53 Å². The van der Waals surface area contributed by atoms with Gasteiger partial charge in [0, 0.05) is 17.1 Å². The first-order chi connectivity index (χ1) is 11.5. The molecule has 8 heteroatoms. The first kappa shape index (κ1) is 16.7. The number of hydrogen-bond donors (Lipinski definition) is 3. The molecule has 0 aliphatic heterocycles. The van der Waals surface area contributed by atoms with Gasteiger partial charge in [0.15, 0.2) is 5.13 Å². The highest BCUT2D eigenvalue weighted by Gasteiger charge is 2.35. The fourth-order valence-electron chi connectivity index (χ4n) is 2.87. The van der Waals surface area contributed by atoms with Gasteiger partial charge in [-0.3, -0.25) is 4.79 Å². The second-order valence-electron chi connectivity index (χ2n) is 6.00. The summed E-state index contributed by atoms with van der Waals surface area (Å²) in [6.45, 7) is 0. The standard InChI is InChI=1S/C16H20N4O3S/c1-23-13(21)11-7-10(8-18-11)12-9-24-15(19-12)20-14(22)16(17)5-3-2-4-6-16/h7-9,18H,2-6,17H2,1H3,(H,19,20,22). The Kier molecular flexibility index (Phi) is 4.68. The summed E-state index contributed by atoms with van der Waals surface area (Å²) in [4.78, 5) is 31.2. The van der Waals surface area contributed by atoms with Gasteiger partial charge in [-0.2, -0.15) is 0 Å². The Labute approximate surface area is 143 Å². The molecule has 0 saturated heterocycles. The van der Waals surface area contributed by atoms with Crippen LogP contribution in [0, 0.1) is 0 Å². The number of aromatic amines is 1. The lowest BCUT2D eigenvalue weighted by atomic mass is 9.82. The molecule has 1 aliphatic rings. The zero-order valence-electron chi connectivity index (χ0n) is 13.4. The summed E-state index contributed by atoms with van der Waals surface area (Å²) in [6.07, 6.45) is 6.18. The molecule has 24 heavy (non-hydrogen) atoms. The number of esters is 1. The molecule has 2 aromatic heterocycles. The van der Waals surface area contributed by atoms with Crippen LogP contribution < -0.4 is 11.1 Å². The predicted octanol–water partition coefficient (Wildman–Crippen LogP) is 2.52. The minimum absolute atomic E-state index is 0.174. The third kappa shape index (κ3) is 3.34. The van der Waals surface area contributed by atoms with Crippen LogP contribution in [0.25, 0.3) is 11.3 Å². The number of nitrogens with one attached hydrogen (secondary N) is 2. The van der Waals surface area contributed by atoms with Crippen LogP contribution in [0.1, 0.15) is 42.6 Å². The van der Waals surface area contributed by atoms with Gasteiger partial charge in [-0.05, 0) is 18.9 Å². The third-order valence-corrected chi connectivity index (χ3v) is 5.06. The maximum absolute atomic E-state index is 12.4. The SMILES string of the molecule is COC(=O)c1cc(-c2csc(NC(=O)C3(N)CCCCC3)n2)c[nH]1. The number of carbonyl (C=O) groups is 2. The summed E-state index contributed by atoms with van der Waals surface area (Å²) in [6, 6.07) is 1.66. The van der Waals surface area contributed by atoms with E-state index in [4.69, 9.17) is 5.73 Å². The minimum atomic E-state index is -0.795. The summed E-state index contributed by atoms with van der Waals surface area (Å²) < 4.78 is 4.66. The smallest absolute Gasteiger partial charge is 0.354 e. The van der Waals surface area contributed by atoms with E-state index in [0.29, 0.717) is 29.4 Å². The van der Waals surface area contributed by atoms with Gasteiger partial charge >= 0.3 is 5.97 Å². The predicted molar refractivity (Wildman–Crippen MR) is 91.9 cm³/mol. The van der Waals surface area contributed by atoms with Gasteiger partial charge < -0.3 is 20.8 Å². The van der Waals surface area contributed by atoms with E-state index >= 15 is 0 Å². The lowest BCUT2D eigenvalue weighted by molar-refractivity contribution is -0.122. The summed E-state index contributed by atoms with van der Waals surface area (Å²) in [5.41, 5.74) is 7.22. The molecule has 0 atom stereocenters. The van der Waals surface area contributed by atoms with Crippen LogP contribution in [0.15, 0.2) is 17.6 Å². The highest BCUT2D eigenvalue weighted by Crippen LogP contribution is 2.29. The normalized spacial score (nSPS) is 16.6. The number of hydrogen-bond acceptors (Lipinski definition) is 6. The largest absolute Gasteiger partial charge is 0.464 e. The lowest BCUT2D eigenvalue weighted by Gasteiger charge is -2.31. The molecule has 1 fully saturated rings. The molecule has 0 radical (unpaired) electrons. The number of carbonyl (C=O) groups excluding carboxylic acids is 2. The molecule has 128 valence electrons. The number of amides is 1. The van der Waals surface area contributed by atoms with Crippen LogP contribution in [0.5, 0.6) is 0 Å². The van der Waals surface area contributed by atoms with E-state index in [-0.39, 0.29) is 5.91 Å². The first-order valence-electron chi connectivity index (χ1n) is 7.85. The molecule has 0 bridgehead atoms. The number of H-pyrrole nitrogens is 1. The van der Waals surface area contributed by atoms with Gasteiger partial charge in [0.1, 0.15) is 5.69 Å². The van der Waals surface area contributed by atoms with E-state index in [9.17, 15) is 9.59 Å². The van der Waals surface area contributed by atoms with Crippen molar-refractivity contribution < 1.29 is 14.3 Å². The van der Waals surface area contributed by atoms with Crippen molar-refractivity contribution in [1.82, 2.24) is 9.97 Å². The van der Waals surface area contributed by atoms with Crippen LogP contribution in [0.3, 0.4) is 0 Å². The molecular weight excluding hydrogens is 328 g/mol. The molecule has 1 aliphatic carbocycles. The minimum Gasteiger partial charge on any atom is -0.464 e. The number of nitrogens with two attached hydrogens (primary N) is 1. The van der Waals surface area contributed by atoms with Crippen molar-refractivity contribution in [3.8, 4) is 11.3 Å². The molecule has 7 nitrogen and oxygen atoms in total. The van der Waals surface area contributed by atoms with Gasteiger partial charge in [-0.1, -0.05) is 19.3 Å². The van der Waals surface area contributed by atoms with Crippen LogP contribution in [0.4, 0.5) is 5.13 Å². The zero-order chi connectivity index (χ0) is 17.2. The van der Waals surface area contributed by atoms with E-state index in [1.54, 1.807) is 12.3 Å². The molecule has 1 amide bonds. The van der Waals surface area contributed by atoms with Gasteiger partial charge in [0.05, 0.1) is 18.3 Å². The van der Waals surface area contributed by atoms with Crippen LogP contribution >= 0.6 is 11.3 Å². The number of nitrogens with zero attached hydrogens (tertiary/aromatic N) is 1. The quantitative estimate of drug-likeness (QED) is 0.735. The molecule has 3 rings (SSSR count). The molecule has 2 aromatic rings. The number of thiazole rings is 1. The Hall–Kier alpha value is -2.19. The van der Waals surface area contributed by atoms with Crippen molar-refractivity contribution >= 4 is 28.3 Å². The topological polar surface area (TPSA) is 110 Å². The van der Waals surface area contributed by atoms with Crippen molar-refractivity contribution in [2.75, 3.05) is 12.4 Å². The molecule has 4 N–H and O–H groups in total. The van der Waals surface area contributed by atoms with Gasteiger partial charge in [0.25, 0.3) is 0 Å². The fraction of sp³-hybridized carbons (Fsp3) is 0.438. The van der Waals surface area contributed by atoms with E-state index in [2.05, 4.69) is 20.0 Å². The highest BCUT2D eigenvalue weighted by atomic mass is 32.1. The number of anilines is 1. The molecule has 0 aromatic carbocycles. The number of methoxy groups -OCH3 is 1. The van der Waals surface area contributed by atoms with E-state index in [1.807, 2.05) is 5.38 Å². The summed E-state index contributed by atoms with van der Waals surface area (Å²) in [5.74, 6) is -0.611.